The van der Waals surface area contributed by atoms with Crippen molar-refractivity contribution < 1.29 is 14.4 Å². The SMILES string of the molecule is CC(NC(=O)c1cccs1)C(=O)NCc1cccc(C(=O)N2CCCCC2)c1. The van der Waals surface area contributed by atoms with Gasteiger partial charge in [0.15, 0.2) is 0 Å². The molecule has 1 aromatic carbocycles. The predicted molar refractivity (Wildman–Crippen MR) is 109 cm³/mol. The minimum Gasteiger partial charge on any atom is -0.350 e. The average molecular weight is 400 g/mol. The second kappa shape index (κ2) is 9.50. The van der Waals surface area contributed by atoms with E-state index in [0.717, 1.165) is 31.5 Å². The van der Waals surface area contributed by atoms with E-state index in [-0.39, 0.29) is 17.7 Å². The number of nitrogens with one attached hydrogen (secondary N) is 2. The molecule has 2 N–H and O–H groups in total. The zero-order valence-corrected chi connectivity index (χ0v) is 16.8. The lowest BCUT2D eigenvalue weighted by molar-refractivity contribution is -0.122. The summed E-state index contributed by atoms with van der Waals surface area (Å²) in [7, 11) is 0. The predicted octanol–water partition coefficient (Wildman–Crippen LogP) is 2.81. The molecule has 0 aliphatic carbocycles. The van der Waals surface area contributed by atoms with Crippen LogP contribution in [-0.2, 0) is 11.3 Å². The number of rotatable bonds is 6. The van der Waals surface area contributed by atoms with E-state index in [9.17, 15) is 14.4 Å². The van der Waals surface area contributed by atoms with Gasteiger partial charge in [0, 0.05) is 25.2 Å². The molecular formula is C21H25N3O3S. The molecule has 1 unspecified atom stereocenters. The molecule has 1 saturated heterocycles. The Morgan fingerprint density at radius 2 is 1.89 bits per heavy atom. The molecule has 3 amide bonds. The van der Waals surface area contributed by atoms with Crippen LogP contribution in [0.1, 0.15) is 51.8 Å². The van der Waals surface area contributed by atoms with Crippen molar-refractivity contribution in [2.24, 2.45) is 0 Å². The van der Waals surface area contributed by atoms with Crippen LogP contribution in [0.15, 0.2) is 41.8 Å². The van der Waals surface area contributed by atoms with Crippen LogP contribution in [0, 0.1) is 0 Å². The fourth-order valence-electron chi connectivity index (χ4n) is 3.18. The second-order valence-electron chi connectivity index (χ2n) is 6.94. The van der Waals surface area contributed by atoms with Crippen LogP contribution in [0.2, 0.25) is 0 Å². The van der Waals surface area contributed by atoms with Crippen LogP contribution in [0.4, 0.5) is 0 Å². The van der Waals surface area contributed by atoms with E-state index < -0.39 is 6.04 Å². The number of carbonyl (C=O) groups excluding carboxylic acids is 3. The molecule has 1 aliphatic rings. The van der Waals surface area contributed by atoms with Crippen molar-refractivity contribution in [1.29, 1.82) is 0 Å². The highest BCUT2D eigenvalue weighted by Crippen LogP contribution is 2.14. The quantitative estimate of drug-likeness (QED) is 0.784. The van der Waals surface area contributed by atoms with E-state index in [4.69, 9.17) is 0 Å². The molecular weight excluding hydrogens is 374 g/mol. The van der Waals surface area contributed by atoms with E-state index >= 15 is 0 Å². The Labute approximate surface area is 168 Å². The van der Waals surface area contributed by atoms with E-state index in [1.54, 1.807) is 19.1 Å². The lowest BCUT2D eigenvalue weighted by Crippen LogP contribution is -2.44. The van der Waals surface area contributed by atoms with Crippen molar-refractivity contribution >= 4 is 29.1 Å². The van der Waals surface area contributed by atoms with Gasteiger partial charge < -0.3 is 15.5 Å². The summed E-state index contributed by atoms with van der Waals surface area (Å²) < 4.78 is 0. The van der Waals surface area contributed by atoms with Crippen LogP contribution in [-0.4, -0.2) is 41.8 Å². The molecule has 2 heterocycles. The maximum atomic E-state index is 12.6. The Bertz CT molecular complexity index is 829. The number of carbonyl (C=O) groups is 3. The summed E-state index contributed by atoms with van der Waals surface area (Å²) in [4.78, 5) is 39.4. The van der Waals surface area contributed by atoms with Crippen LogP contribution >= 0.6 is 11.3 Å². The van der Waals surface area contributed by atoms with Crippen molar-refractivity contribution in [1.82, 2.24) is 15.5 Å². The van der Waals surface area contributed by atoms with Crippen molar-refractivity contribution in [3.63, 3.8) is 0 Å². The molecule has 0 spiro atoms. The largest absolute Gasteiger partial charge is 0.350 e. The van der Waals surface area contributed by atoms with Crippen LogP contribution in [0.25, 0.3) is 0 Å². The first kappa shape index (κ1) is 20.1. The highest BCUT2D eigenvalue weighted by atomic mass is 32.1. The summed E-state index contributed by atoms with van der Waals surface area (Å²) >= 11 is 1.33. The van der Waals surface area contributed by atoms with E-state index in [2.05, 4.69) is 10.6 Å². The molecule has 0 saturated carbocycles. The summed E-state index contributed by atoms with van der Waals surface area (Å²) in [5.74, 6) is -0.478. The molecule has 0 radical (unpaired) electrons. The molecule has 3 rings (SSSR count). The third-order valence-corrected chi connectivity index (χ3v) is 5.64. The Kier molecular flexibility index (Phi) is 6.81. The van der Waals surface area contributed by atoms with Gasteiger partial charge in [-0.05, 0) is 55.3 Å². The van der Waals surface area contributed by atoms with Gasteiger partial charge in [0.25, 0.3) is 11.8 Å². The number of nitrogens with zero attached hydrogens (tertiary/aromatic N) is 1. The Morgan fingerprint density at radius 3 is 2.61 bits per heavy atom. The van der Waals surface area contributed by atoms with E-state index in [1.165, 1.54) is 17.8 Å². The topological polar surface area (TPSA) is 78.5 Å². The van der Waals surface area contributed by atoms with Gasteiger partial charge in [0.1, 0.15) is 6.04 Å². The fraction of sp³-hybridized carbons (Fsp3) is 0.381. The number of benzene rings is 1. The maximum absolute atomic E-state index is 12.6. The minimum absolute atomic E-state index is 0.0458. The first-order chi connectivity index (χ1) is 13.5. The minimum atomic E-state index is -0.646. The van der Waals surface area contributed by atoms with Crippen molar-refractivity contribution in [2.75, 3.05) is 13.1 Å². The van der Waals surface area contributed by atoms with Crippen LogP contribution < -0.4 is 10.6 Å². The molecule has 1 atom stereocenters. The van der Waals surface area contributed by atoms with Gasteiger partial charge in [-0.3, -0.25) is 14.4 Å². The van der Waals surface area contributed by atoms with Crippen molar-refractivity contribution in [3.8, 4) is 0 Å². The van der Waals surface area contributed by atoms with Gasteiger partial charge >= 0.3 is 0 Å². The number of thiophene rings is 1. The molecule has 7 heteroatoms. The number of piperidine rings is 1. The second-order valence-corrected chi connectivity index (χ2v) is 7.89. The Hall–Kier alpha value is -2.67. The standard InChI is InChI=1S/C21H25N3O3S/c1-15(23-20(26)18-9-6-12-28-18)19(25)22-14-16-7-5-8-17(13-16)21(27)24-10-3-2-4-11-24/h5-9,12-13,15H,2-4,10-11,14H2,1H3,(H,22,25)(H,23,26). The van der Waals surface area contributed by atoms with Crippen molar-refractivity contribution in [3.05, 3.63) is 57.8 Å². The monoisotopic (exact) mass is 399 g/mol. The summed E-state index contributed by atoms with van der Waals surface area (Å²) in [6, 6.07) is 10.2. The number of hydrogen-bond acceptors (Lipinski definition) is 4. The first-order valence-electron chi connectivity index (χ1n) is 9.55. The lowest BCUT2D eigenvalue weighted by atomic mass is 10.1. The smallest absolute Gasteiger partial charge is 0.261 e. The van der Waals surface area contributed by atoms with Gasteiger partial charge in [-0.15, -0.1) is 11.3 Å². The molecule has 2 aromatic rings. The van der Waals surface area contributed by atoms with Gasteiger partial charge in [-0.25, -0.2) is 0 Å². The van der Waals surface area contributed by atoms with Gasteiger partial charge in [-0.1, -0.05) is 18.2 Å². The molecule has 6 nitrogen and oxygen atoms in total. The molecule has 148 valence electrons. The Morgan fingerprint density at radius 1 is 1.11 bits per heavy atom. The molecule has 28 heavy (non-hydrogen) atoms. The van der Waals surface area contributed by atoms with E-state index in [1.807, 2.05) is 34.5 Å². The maximum Gasteiger partial charge on any atom is 0.261 e. The third kappa shape index (κ3) is 5.19. The van der Waals surface area contributed by atoms with Crippen LogP contribution in [0.3, 0.4) is 0 Å². The van der Waals surface area contributed by atoms with Gasteiger partial charge in [-0.2, -0.15) is 0 Å². The van der Waals surface area contributed by atoms with Gasteiger partial charge in [0.05, 0.1) is 4.88 Å². The fourth-order valence-corrected chi connectivity index (χ4v) is 3.80. The normalized spacial score (nSPS) is 15.0. The average Bonchev–Trinajstić information content (AvgIpc) is 3.27. The summed E-state index contributed by atoms with van der Waals surface area (Å²) in [6.45, 7) is 3.57. The Balaban J connectivity index is 1.53. The molecule has 1 aromatic heterocycles. The van der Waals surface area contributed by atoms with Gasteiger partial charge in [0.2, 0.25) is 5.91 Å². The van der Waals surface area contributed by atoms with Crippen LogP contribution in [0.5, 0.6) is 0 Å². The summed E-state index contributed by atoms with van der Waals surface area (Å²) in [5, 5.41) is 7.33. The molecule has 1 fully saturated rings. The highest BCUT2D eigenvalue weighted by Gasteiger charge is 2.19. The molecule has 0 bridgehead atoms. The highest BCUT2D eigenvalue weighted by molar-refractivity contribution is 7.12. The first-order valence-corrected chi connectivity index (χ1v) is 10.4. The number of hydrogen-bond donors (Lipinski definition) is 2. The number of amides is 3. The zero-order valence-electron chi connectivity index (χ0n) is 15.9. The zero-order chi connectivity index (χ0) is 19.9. The van der Waals surface area contributed by atoms with E-state index in [0.29, 0.717) is 17.0 Å². The lowest BCUT2D eigenvalue weighted by Gasteiger charge is -2.26. The third-order valence-electron chi connectivity index (χ3n) is 4.77. The molecule has 1 aliphatic heterocycles. The number of likely N-dealkylation sites (tertiary alicyclic amines) is 1. The summed E-state index contributed by atoms with van der Waals surface area (Å²) in [5.41, 5.74) is 1.50. The summed E-state index contributed by atoms with van der Waals surface area (Å²) in [6.07, 6.45) is 3.28. The van der Waals surface area contributed by atoms with Crippen molar-refractivity contribution in [2.45, 2.75) is 38.8 Å².